The lowest BCUT2D eigenvalue weighted by atomic mass is 9.99. The second kappa shape index (κ2) is 9.89. The zero-order chi connectivity index (χ0) is 26.0. The van der Waals surface area contributed by atoms with Crippen molar-refractivity contribution in [2.24, 2.45) is 0 Å². The summed E-state index contributed by atoms with van der Waals surface area (Å²) in [6.07, 6.45) is -0.328. The van der Waals surface area contributed by atoms with E-state index in [0.717, 1.165) is 16.7 Å². The molecule has 4 rings (SSSR count). The molecule has 0 aliphatic rings. The second-order valence-corrected chi connectivity index (χ2v) is 8.67. The van der Waals surface area contributed by atoms with Crippen molar-refractivity contribution in [3.63, 3.8) is 0 Å². The minimum Gasteiger partial charge on any atom is -0.494 e. The topological polar surface area (TPSA) is 79.9 Å². The van der Waals surface area contributed by atoms with E-state index in [4.69, 9.17) is 9.72 Å². The van der Waals surface area contributed by atoms with Gasteiger partial charge in [0, 0.05) is 28.9 Å². The number of carbonyl (C=O) groups is 1. The molecule has 2 aromatic heterocycles. The Hall–Kier alpha value is -4.07. The maximum Gasteiger partial charge on any atom is 0.276 e. The third-order valence-corrected chi connectivity index (χ3v) is 6.13. The summed E-state index contributed by atoms with van der Waals surface area (Å²) in [6.45, 7) is 7.17. The van der Waals surface area contributed by atoms with Crippen molar-refractivity contribution in [2.75, 3.05) is 12.4 Å². The maximum absolute atomic E-state index is 14.1. The van der Waals surface area contributed by atoms with Gasteiger partial charge < -0.3 is 15.0 Å². The molecule has 2 heterocycles. The maximum atomic E-state index is 14.1. The van der Waals surface area contributed by atoms with E-state index in [0.29, 0.717) is 28.7 Å². The first kappa shape index (κ1) is 25.0. The number of hydrogen-bond donors (Lipinski definition) is 2. The van der Waals surface area contributed by atoms with Crippen LogP contribution in [0.3, 0.4) is 0 Å². The quantitative estimate of drug-likeness (QED) is 0.298. The van der Waals surface area contributed by atoms with Crippen LogP contribution in [0.1, 0.15) is 46.2 Å². The van der Waals surface area contributed by atoms with E-state index in [-0.39, 0.29) is 23.4 Å². The van der Waals surface area contributed by atoms with Gasteiger partial charge in [-0.3, -0.25) is 4.79 Å². The number of H-pyrrole nitrogens is 1. The van der Waals surface area contributed by atoms with Gasteiger partial charge in [0.25, 0.3) is 11.8 Å². The number of carbonyl (C=O) groups excluding carboxylic acids is 1. The SMILES string of the molecule is CCC(F)(F)c1cccc(NC(=O)c2nc(-c3ccc(OC)c(-c4c(C)cccc4C)n3)[nH]c2C)c1. The molecule has 2 aromatic carbocycles. The molecule has 4 aromatic rings. The number of ether oxygens (including phenoxy) is 1. The number of nitrogens with one attached hydrogen (secondary N) is 2. The van der Waals surface area contributed by atoms with Gasteiger partial charge in [0.2, 0.25) is 0 Å². The first-order valence-corrected chi connectivity index (χ1v) is 11.6. The number of amides is 1. The monoisotopic (exact) mass is 490 g/mol. The lowest BCUT2D eigenvalue weighted by Crippen LogP contribution is -2.16. The van der Waals surface area contributed by atoms with E-state index in [2.05, 4.69) is 15.3 Å². The minimum absolute atomic E-state index is 0.149. The Morgan fingerprint density at radius 1 is 1.03 bits per heavy atom. The third kappa shape index (κ3) is 4.84. The molecule has 0 unspecified atom stereocenters. The number of pyridine rings is 1. The molecule has 0 saturated carbocycles. The molecule has 186 valence electrons. The Morgan fingerprint density at radius 3 is 2.39 bits per heavy atom. The summed E-state index contributed by atoms with van der Waals surface area (Å²) in [5.41, 5.74) is 5.13. The van der Waals surface area contributed by atoms with E-state index in [1.54, 1.807) is 26.2 Å². The largest absolute Gasteiger partial charge is 0.494 e. The van der Waals surface area contributed by atoms with Crippen LogP contribution in [0.15, 0.2) is 54.6 Å². The molecule has 0 saturated heterocycles. The molecule has 2 N–H and O–H groups in total. The van der Waals surface area contributed by atoms with E-state index in [1.165, 1.54) is 25.1 Å². The molecular formula is C28H28F2N4O2. The van der Waals surface area contributed by atoms with Gasteiger partial charge in [-0.25, -0.2) is 18.7 Å². The van der Waals surface area contributed by atoms with E-state index < -0.39 is 11.8 Å². The van der Waals surface area contributed by atoms with Crippen molar-refractivity contribution < 1.29 is 18.3 Å². The molecule has 1 amide bonds. The average molecular weight is 491 g/mol. The van der Waals surface area contributed by atoms with Gasteiger partial charge in [-0.1, -0.05) is 37.3 Å². The fourth-order valence-corrected chi connectivity index (χ4v) is 4.13. The van der Waals surface area contributed by atoms with Crippen LogP contribution in [0.4, 0.5) is 14.5 Å². The second-order valence-electron chi connectivity index (χ2n) is 8.67. The van der Waals surface area contributed by atoms with E-state index in [9.17, 15) is 13.6 Å². The number of alkyl halides is 2. The zero-order valence-electron chi connectivity index (χ0n) is 20.9. The van der Waals surface area contributed by atoms with Crippen molar-refractivity contribution >= 4 is 11.6 Å². The number of nitrogens with zero attached hydrogens (tertiary/aromatic N) is 2. The van der Waals surface area contributed by atoms with Crippen molar-refractivity contribution in [1.82, 2.24) is 15.0 Å². The van der Waals surface area contributed by atoms with Gasteiger partial charge >= 0.3 is 0 Å². The summed E-state index contributed by atoms with van der Waals surface area (Å²) >= 11 is 0. The molecule has 8 heteroatoms. The summed E-state index contributed by atoms with van der Waals surface area (Å²) in [6, 6.07) is 15.3. The zero-order valence-corrected chi connectivity index (χ0v) is 20.9. The number of anilines is 1. The first-order valence-electron chi connectivity index (χ1n) is 11.6. The molecule has 0 bridgehead atoms. The van der Waals surface area contributed by atoms with Gasteiger partial charge in [0.05, 0.1) is 7.11 Å². The number of halogens is 2. The van der Waals surface area contributed by atoms with Crippen LogP contribution < -0.4 is 10.1 Å². The van der Waals surface area contributed by atoms with Crippen molar-refractivity contribution in [1.29, 1.82) is 0 Å². The van der Waals surface area contributed by atoms with Crippen LogP contribution >= 0.6 is 0 Å². The Balaban J connectivity index is 1.67. The highest BCUT2D eigenvalue weighted by Gasteiger charge is 2.29. The predicted molar refractivity (Wildman–Crippen MR) is 137 cm³/mol. The first-order chi connectivity index (χ1) is 17.1. The van der Waals surface area contributed by atoms with Crippen LogP contribution in [0.5, 0.6) is 5.75 Å². The number of aromatic amines is 1. The van der Waals surface area contributed by atoms with Crippen LogP contribution in [0, 0.1) is 20.8 Å². The molecule has 0 fully saturated rings. The Labute approximate surface area is 208 Å². The molecule has 36 heavy (non-hydrogen) atoms. The lowest BCUT2D eigenvalue weighted by Gasteiger charge is -2.15. The molecular weight excluding hydrogens is 462 g/mol. The highest BCUT2D eigenvalue weighted by molar-refractivity contribution is 6.04. The average Bonchev–Trinajstić information content (AvgIpc) is 3.25. The number of aromatic nitrogens is 3. The summed E-state index contributed by atoms with van der Waals surface area (Å²) in [5.74, 6) is -2.43. The summed E-state index contributed by atoms with van der Waals surface area (Å²) in [7, 11) is 1.60. The molecule has 0 spiro atoms. The number of imidazole rings is 1. The minimum atomic E-state index is -2.97. The van der Waals surface area contributed by atoms with Crippen LogP contribution in [-0.4, -0.2) is 28.0 Å². The van der Waals surface area contributed by atoms with Crippen molar-refractivity contribution in [3.05, 3.63) is 82.7 Å². The fraction of sp³-hybridized carbons (Fsp3) is 0.250. The molecule has 0 atom stereocenters. The molecule has 0 aliphatic heterocycles. The van der Waals surface area contributed by atoms with Crippen LogP contribution in [0.2, 0.25) is 0 Å². The fourth-order valence-electron chi connectivity index (χ4n) is 4.13. The Morgan fingerprint density at radius 2 is 1.72 bits per heavy atom. The van der Waals surface area contributed by atoms with Gasteiger partial charge in [0.1, 0.15) is 22.8 Å². The van der Waals surface area contributed by atoms with Gasteiger partial charge in [-0.2, -0.15) is 0 Å². The van der Waals surface area contributed by atoms with E-state index >= 15 is 0 Å². The van der Waals surface area contributed by atoms with E-state index in [1.807, 2.05) is 38.1 Å². The number of hydrogen-bond acceptors (Lipinski definition) is 4. The highest BCUT2D eigenvalue weighted by Crippen LogP contribution is 2.35. The van der Waals surface area contributed by atoms with Crippen LogP contribution in [-0.2, 0) is 5.92 Å². The van der Waals surface area contributed by atoms with Gasteiger partial charge in [-0.05, 0) is 56.2 Å². The number of rotatable bonds is 7. The number of aryl methyl sites for hydroxylation is 3. The number of benzene rings is 2. The lowest BCUT2D eigenvalue weighted by molar-refractivity contribution is -0.00824. The normalized spacial score (nSPS) is 11.4. The predicted octanol–water partition coefficient (Wildman–Crippen LogP) is 6.83. The Kier molecular flexibility index (Phi) is 6.88. The van der Waals surface area contributed by atoms with Gasteiger partial charge in [-0.15, -0.1) is 0 Å². The Bertz CT molecular complexity index is 1410. The number of methoxy groups -OCH3 is 1. The molecule has 0 radical (unpaired) electrons. The standard InChI is InChI=1S/C28H28F2N4O2/c1-6-28(29,30)19-11-8-12-20(15-19)32-27(35)24-18(4)31-26(34-24)21-13-14-22(36-5)25(33-21)23-16(2)9-7-10-17(23)3/h7-15H,6H2,1-5H3,(H,31,34)(H,32,35). The van der Waals surface area contributed by atoms with Crippen molar-refractivity contribution in [3.8, 4) is 28.5 Å². The summed E-state index contributed by atoms with van der Waals surface area (Å²) in [4.78, 5) is 25.4. The summed E-state index contributed by atoms with van der Waals surface area (Å²) in [5, 5.41) is 2.68. The van der Waals surface area contributed by atoms with Gasteiger partial charge in [0.15, 0.2) is 5.82 Å². The summed E-state index contributed by atoms with van der Waals surface area (Å²) < 4.78 is 33.8. The molecule has 0 aliphatic carbocycles. The highest BCUT2D eigenvalue weighted by atomic mass is 19.3. The van der Waals surface area contributed by atoms with Crippen LogP contribution in [0.25, 0.3) is 22.8 Å². The third-order valence-electron chi connectivity index (χ3n) is 6.13. The smallest absolute Gasteiger partial charge is 0.276 e. The molecule has 6 nitrogen and oxygen atoms in total. The van der Waals surface area contributed by atoms with Crippen molar-refractivity contribution in [2.45, 2.75) is 40.0 Å².